The fraction of sp³-hybridized carbons (Fsp3) is 0.269. The second kappa shape index (κ2) is 10.9. The van der Waals surface area contributed by atoms with Crippen molar-refractivity contribution in [2.45, 2.75) is 32.0 Å². The van der Waals surface area contributed by atoms with Gasteiger partial charge in [0.15, 0.2) is 0 Å². The van der Waals surface area contributed by atoms with Gasteiger partial charge in [-0.1, -0.05) is 42.5 Å². The number of hydrogen-bond acceptors (Lipinski definition) is 5. The smallest absolute Gasteiger partial charge is 0.395 e. The maximum atomic E-state index is 13.0. The van der Waals surface area contributed by atoms with Crippen LogP contribution < -0.4 is 14.8 Å². The summed E-state index contributed by atoms with van der Waals surface area (Å²) < 4.78 is 23.4. The molecule has 0 saturated carbocycles. The monoisotopic (exact) mass is 434 g/mol. The Balaban J connectivity index is 1.18. The summed E-state index contributed by atoms with van der Waals surface area (Å²) in [4.78, 5) is 14.3. The Morgan fingerprint density at radius 3 is 2.09 bits per heavy atom. The molecule has 1 heterocycles. The Morgan fingerprint density at radius 2 is 1.44 bits per heavy atom. The molecule has 6 heteroatoms. The van der Waals surface area contributed by atoms with Gasteiger partial charge in [-0.15, -0.1) is 0 Å². The molecule has 3 aromatic carbocycles. The molecular formula is C26H27FN2O3. The third-order valence-electron chi connectivity index (χ3n) is 5.57. The molecule has 1 N–H and O–H groups in total. The number of halogens is 1. The highest BCUT2D eigenvalue weighted by molar-refractivity contribution is 5.67. The van der Waals surface area contributed by atoms with Crippen LogP contribution in [0.1, 0.15) is 24.0 Å². The predicted molar refractivity (Wildman–Crippen MR) is 121 cm³/mol. The molecule has 0 unspecified atom stereocenters. The number of likely N-dealkylation sites (tertiary alicyclic amines) is 1. The first-order chi connectivity index (χ1) is 15.6. The van der Waals surface area contributed by atoms with Gasteiger partial charge in [0.1, 0.15) is 17.3 Å². The lowest BCUT2D eigenvalue weighted by molar-refractivity contribution is 0.152. The summed E-state index contributed by atoms with van der Waals surface area (Å²) in [5, 5.41) is 3.58. The van der Waals surface area contributed by atoms with E-state index in [4.69, 9.17) is 9.47 Å². The van der Waals surface area contributed by atoms with Crippen molar-refractivity contribution in [3.8, 4) is 11.5 Å². The fourth-order valence-corrected chi connectivity index (χ4v) is 3.78. The Morgan fingerprint density at radius 1 is 0.844 bits per heavy atom. The van der Waals surface area contributed by atoms with Crippen LogP contribution in [0.25, 0.3) is 0 Å². The first-order valence-electron chi connectivity index (χ1n) is 10.9. The fourth-order valence-electron chi connectivity index (χ4n) is 3.78. The van der Waals surface area contributed by atoms with Crippen LogP contribution >= 0.6 is 0 Å². The quantitative estimate of drug-likeness (QED) is 0.411. The summed E-state index contributed by atoms with van der Waals surface area (Å²) in [6.07, 6.45) is 1.40. The van der Waals surface area contributed by atoms with E-state index >= 15 is 0 Å². The van der Waals surface area contributed by atoms with Crippen molar-refractivity contribution in [2.24, 2.45) is 0 Å². The van der Waals surface area contributed by atoms with Gasteiger partial charge in [0.25, 0.3) is 0 Å². The molecule has 1 aliphatic rings. The maximum Gasteiger partial charge on any atom is 0.519 e. The molecule has 0 atom stereocenters. The van der Waals surface area contributed by atoms with Gasteiger partial charge in [-0.3, -0.25) is 4.90 Å². The van der Waals surface area contributed by atoms with Gasteiger partial charge in [-0.2, -0.15) is 0 Å². The zero-order valence-corrected chi connectivity index (χ0v) is 17.9. The highest BCUT2D eigenvalue weighted by Crippen LogP contribution is 2.18. The Kier molecular flexibility index (Phi) is 7.48. The average Bonchev–Trinajstić information content (AvgIpc) is 2.81. The SMILES string of the molecule is O=C(Oc1ccccc1)Oc1ccc(CN2CCC(NCc3ccc(F)cc3)CC2)cc1. The van der Waals surface area contributed by atoms with Crippen molar-refractivity contribution in [1.82, 2.24) is 10.2 Å². The number of rotatable bonds is 7. The summed E-state index contributed by atoms with van der Waals surface area (Å²) in [6, 6.07) is 23.5. The highest BCUT2D eigenvalue weighted by atomic mass is 19.1. The number of carbonyl (C=O) groups excluding carboxylic acids is 1. The number of nitrogens with one attached hydrogen (secondary N) is 1. The average molecular weight is 435 g/mol. The van der Waals surface area contributed by atoms with E-state index in [-0.39, 0.29) is 5.82 Å². The van der Waals surface area contributed by atoms with E-state index in [1.807, 2.05) is 30.3 Å². The molecule has 4 rings (SSSR count). The lowest BCUT2D eigenvalue weighted by Crippen LogP contribution is -2.41. The molecule has 1 aliphatic heterocycles. The van der Waals surface area contributed by atoms with E-state index in [2.05, 4.69) is 10.2 Å². The van der Waals surface area contributed by atoms with Crippen molar-refractivity contribution >= 4 is 6.16 Å². The minimum Gasteiger partial charge on any atom is -0.395 e. The summed E-state index contributed by atoms with van der Waals surface area (Å²) in [5.74, 6) is 0.705. The van der Waals surface area contributed by atoms with Crippen LogP contribution in [0.2, 0.25) is 0 Å². The molecule has 0 spiro atoms. The number of piperidine rings is 1. The van der Waals surface area contributed by atoms with Gasteiger partial charge in [-0.25, -0.2) is 9.18 Å². The number of hydrogen-bond donors (Lipinski definition) is 1. The summed E-state index contributed by atoms with van der Waals surface area (Å²) in [6.45, 7) is 3.66. The molecule has 3 aromatic rings. The third-order valence-corrected chi connectivity index (χ3v) is 5.57. The number of para-hydroxylation sites is 1. The summed E-state index contributed by atoms with van der Waals surface area (Å²) in [7, 11) is 0. The molecule has 0 radical (unpaired) electrons. The normalized spacial score (nSPS) is 14.8. The second-order valence-corrected chi connectivity index (χ2v) is 7.97. The number of nitrogens with zero attached hydrogens (tertiary/aromatic N) is 1. The molecule has 166 valence electrons. The molecular weight excluding hydrogens is 407 g/mol. The van der Waals surface area contributed by atoms with E-state index in [1.165, 1.54) is 17.7 Å². The Labute approximate surface area is 187 Å². The molecule has 0 aliphatic carbocycles. The van der Waals surface area contributed by atoms with Crippen molar-refractivity contribution < 1.29 is 18.7 Å². The molecule has 32 heavy (non-hydrogen) atoms. The molecule has 5 nitrogen and oxygen atoms in total. The van der Waals surface area contributed by atoms with Gasteiger partial charge in [0, 0.05) is 19.1 Å². The first kappa shape index (κ1) is 22.0. The lowest BCUT2D eigenvalue weighted by Gasteiger charge is -2.32. The van der Waals surface area contributed by atoms with Crippen LogP contribution in [-0.4, -0.2) is 30.2 Å². The zero-order valence-electron chi connectivity index (χ0n) is 17.9. The van der Waals surface area contributed by atoms with Crippen LogP contribution in [0.4, 0.5) is 9.18 Å². The number of benzene rings is 3. The summed E-state index contributed by atoms with van der Waals surface area (Å²) in [5.41, 5.74) is 2.27. The minimum atomic E-state index is -0.751. The molecule has 1 saturated heterocycles. The van der Waals surface area contributed by atoms with Gasteiger partial charge in [0.05, 0.1) is 0 Å². The van der Waals surface area contributed by atoms with Crippen LogP contribution in [0.15, 0.2) is 78.9 Å². The van der Waals surface area contributed by atoms with E-state index in [9.17, 15) is 9.18 Å². The Bertz CT molecular complexity index is 986. The highest BCUT2D eigenvalue weighted by Gasteiger charge is 2.19. The molecule has 1 fully saturated rings. The predicted octanol–water partition coefficient (Wildman–Crippen LogP) is 5.16. The molecule has 0 amide bonds. The van der Waals surface area contributed by atoms with Crippen LogP contribution in [0.5, 0.6) is 11.5 Å². The van der Waals surface area contributed by atoms with Gasteiger partial charge in [0.2, 0.25) is 0 Å². The van der Waals surface area contributed by atoms with Crippen molar-refractivity contribution in [3.63, 3.8) is 0 Å². The topological polar surface area (TPSA) is 50.8 Å². The van der Waals surface area contributed by atoms with Crippen LogP contribution in [-0.2, 0) is 13.1 Å². The van der Waals surface area contributed by atoms with Crippen molar-refractivity contribution in [2.75, 3.05) is 13.1 Å². The summed E-state index contributed by atoms with van der Waals surface area (Å²) >= 11 is 0. The number of ether oxygens (including phenoxy) is 2. The molecule has 0 bridgehead atoms. The zero-order chi connectivity index (χ0) is 22.2. The Hall–Kier alpha value is -3.22. The minimum absolute atomic E-state index is 0.200. The van der Waals surface area contributed by atoms with Gasteiger partial charge >= 0.3 is 6.16 Å². The standard InChI is InChI=1S/C26H27FN2O3/c27-22-10-6-20(7-11-22)18-28-23-14-16-29(17-15-23)19-21-8-12-25(13-9-21)32-26(30)31-24-4-2-1-3-5-24/h1-13,23,28H,14-19H2. The van der Waals surface area contributed by atoms with Crippen molar-refractivity contribution in [1.29, 1.82) is 0 Å². The maximum absolute atomic E-state index is 13.0. The number of carbonyl (C=O) groups is 1. The van der Waals surface area contributed by atoms with Crippen LogP contribution in [0.3, 0.4) is 0 Å². The van der Waals surface area contributed by atoms with Gasteiger partial charge < -0.3 is 14.8 Å². The first-order valence-corrected chi connectivity index (χ1v) is 10.9. The van der Waals surface area contributed by atoms with E-state index in [0.29, 0.717) is 17.5 Å². The van der Waals surface area contributed by atoms with E-state index in [1.54, 1.807) is 36.4 Å². The molecule has 0 aromatic heterocycles. The van der Waals surface area contributed by atoms with Crippen LogP contribution in [0, 0.1) is 5.82 Å². The second-order valence-electron chi connectivity index (χ2n) is 7.97. The van der Waals surface area contributed by atoms with E-state index in [0.717, 1.165) is 44.6 Å². The lowest BCUT2D eigenvalue weighted by atomic mass is 10.0. The van der Waals surface area contributed by atoms with E-state index < -0.39 is 6.16 Å². The third kappa shape index (κ3) is 6.64. The largest absolute Gasteiger partial charge is 0.519 e. The van der Waals surface area contributed by atoms with Gasteiger partial charge in [-0.05, 0) is 73.5 Å². The van der Waals surface area contributed by atoms with Crippen molar-refractivity contribution in [3.05, 3.63) is 95.8 Å².